The van der Waals surface area contributed by atoms with Crippen molar-refractivity contribution in [2.24, 2.45) is 4.99 Å². The third-order valence-electron chi connectivity index (χ3n) is 5.17. The number of para-hydroxylation sites is 1. The zero-order valence-corrected chi connectivity index (χ0v) is 19.4. The summed E-state index contributed by atoms with van der Waals surface area (Å²) < 4.78 is 42.3. The van der Waals surface area contributed by atoms with E-state index in [1.807, 2.05) is 0 Å². The molecule has 0 aliphatic carbocycles. The fourth-order valence-electron chi connectivity index (χ4n) is 3.67. The monoisotopic (exact) mass is 491 g/mol. The second kappa shape index (κ2) is 9.52. The zero-order chi connectivity index (χ0) is 23.6. The van der Waals surface area contributed by atoms with Gasteiger partial charge in [-0.2, -0.15) is 0 Å². The van der Waals surface area contributed by atoms with Crippen LogP contribution in [0.5, 0.6) is 0 Å². The minimum Gasteiger partial charge on any atom is -0.462 e. The number of fused-ring (bicyclic) bond motifs is 1. The van der Waals surface area contributed by atoms with Gasteiger partial charge < -0.3 is 15.0 Å². The molecule has 33 heavy (non-hydrogen) atoms. The lowest BCUT2D eigenvalue weighted by Gasteiger charge is -2.24. The van der Waals surface area contributed by atoms with E-state index in [0.717, 1.165) is 0 Å². The van der Waals surface area contributed by atoms with Crippen molar-refractivity contribution < 1.29 is 27.1 Å². The van der Waals surface area contributed by atoms with Crippen molar-refractivity contribution in [2.75, 3.05) is 34.9 Å². The molecule has 0 spiro atoms. The summed E-state index contributed by atoms with van der Waals surface area (Å²) in [5.74, 6) is -1.39. The first kappa shape index (κ1) is 23.2. The van der Waals surface area contributed by atoms with Crippen LogP contribution < -0.4 is 10.2 Å². The predicted molar refractivity (Wildman–Crippen MR) is 126 cm³/mol. The fraction of sp³-hybridized carbons (Fsp3) is 0.318. The highest BCUT2D eigenvalue weighted by atomic mass is 32.2. The molecule has 2 aromatic carbocycles. The zero-order valence-electron chi connectivity index (χ0n) is 17.7. The van der Waals surface area contributed by atoms with Crippen molar-refractivity contribution >= 4 is 50.0 Å². The summed E-state index contributed by atoms with van der Waals surface area (Å²) in [6.45, 7) is 1.73. The Labute approximate surface area is 195 Å². The van der Waals surface area contributed by atoms with Crippen molar-refractivity contribution in [3.8, 4) is 0 Å². The van der Waals surface area contributed by atoms with E-state index in [1.165, 1.54) is 36.0 Å². The normalized spacial score (nSPS) is 20.6. The Morgan fingerprint density at radius 3 is 2.61 bits per heavy atom. The molecule has 2 heterocycles. The van der Waals surface area contributed by atoms with Crippen molar-refractivity contribution in [1.82, 2.24) is 0 Å². The summed E-state index contributed by atoms with van der Waals surface area (Å²) >= 11 is 1.30. The molecule has 0 unspecified atom stereocenters. The van der Waals surface area contributed by atoms with Gasteiger partial charge in [-0.3, -0.25) is 9.79 Å². The average Bonchev–Trinajstić information content (AvgIpc) is 3.26. The van der Waals surface area contributed by atoms with Gasteiger partial charge in [0, 0.05) is 10.9 Å². The number of rotatable bonds is 6. The van der Waals surface area contributed by atoms with E-state index in [1.54, 1.807) is 36.1 Å². The van der Waals surface area contributed by atoms with Gasteiger partial charge in [-0.25, -0.2) is 17.6 Å². The van der Waals surface area contributed by atoms with Crippen LogP contribution in [0.2, 0.25) is 0 Å². The Balaban J connectivity index is 1.56. The van der Waals surface area contributed by atoms with Crippen LogP contribution in [0.15, 0.2) is 53.5 Å². The lowest BCUT2D eigenvalue weighted by atomic mass is 10.2. The number of nitrogens with zero attached hydrogens (tertiary/aromatic N) is 2. The number of nitrogens with one attached hydrogen (secondary N) is 1. The third kappa shape index (κ3) is 5.36. The molecule has 0 aromatic heterocycles. The summed E-state index contributed by atoms with van der Waals surface area (Å²) in [4.78, 5) is 31.3. The number of esters is 1. The van der Waals surface area contributed by atoms with Gasteiger partial charge in [0.2, 0.25) is 5.91 Å². The van der Waals surface area contributed by atoms with Crippen LogP contribution in [-0.2, 0) is 19.4 Å². The van der Waals surface area contributed by atoms with Crippen LogP contribution in [0.25, 0.3) is 0 Å². The summed E-state index contributed by atoms with van der Waals surface area (Å²) in [7, 11) is -3.13. The van der Waals surface area contributed by atoms with Gasteiger partial charge in [0.05, 0.1) is 35.4 Å². The van der Waals surface area contributed by atoms with Gasteiger partial charge in [-0.05, 0) is 43.3 Å². The number of hydrogen-bond donors (Lipinski definition) is 1. The van der Waals surface area contributed by atoms with E-state index < -0.39 is 27.5 Å². The molecular formula is C22H22FN3O5S2. The minimum atomic E-state index is -3.13. The number of hydrogen-bond acceptors (Lipinski definition) is 8. The molecule has 2 atom stereocenters. The van der Waals surface area contributed by atoms with Gasteiger partial charge in [0.15, 0.2) is 15.0 Å². The first-order chi connectivity index (χ1) is 15.8. The topological polar surface area (TPSA) is 105 Å². The highest BCUT2D eigenvalue weighted by molar-refractivity contribution is 8.15. The molecular weight excluding hydrogens is 469 g/mol. The molecule has 8 nitrogen and oxygen atoms in total. The molecule has 2 aliphatic rings. The van der Waals surface area contributed by atoms with Gasteiger partial charge >= 0.3 is 5.97 Å². The van der Waals surface area contributed by atoms with E-state index in [9.17, 15) is 22.4 Å². The van der Waals surface area contributed by atoms with Crippen LogP contribution in [0.1, 0.15) is 17.3 Å². The second-order valence-corrected chi connectivity index (χ2v) is 10.9. The fourth-order valence-corrected chi connectivity index (χ4v) is 7.45. The maximum atomic E-state index is 13.5. The number of amides is 1. The quantitative estimate of drug-likeness (QED) is 0.620. The SMILES string of the molecule is CCOC(=O)c1ccccc1NC(=O)CN(C1=N[C@H]2CS(=O)(=O)C[C@@H]2S1)c1ccc(F)cc1. The van der Waals surface area contributed by atoms with Crippen LogP contribution in [-0.4, -0.2) is 61.4 Å². The molecule has 0 bridgehead atoms. The van der Waals surface area contributed by atoms with Crippen molar-refractivity contribution in [3.05, 3.63) is 59.9 Å². The van der Waals surface area contributed by atoms with Gasteiger partial charge in [-0.1, -0.05) is 23.9 Å². The number of thioether (sulfide) groups is 1. The number of anilines is 2. The number of aliphatic imine (C=N–C) groups is 1. The number of carbonyl (C=O) groups excluding carboxylic acids is 2. The Morgan fingerprint density at radius 2 is 1.91 bits per heavy atom. The van der Waals surface area contributed by atoms with E-state index >= 15 is 0 Å². The number of carbonyl (C=O) groups is 2. The summed E-state index contributed by atoms with van der Waals surface area (Å²) in [6, 6.07) is 11.8. The molecule has 1 amide bonds. The van der Waals surface area contributed by atoms with E-state index in [2.05, 4.69) is 10.3 Å². The van der Waals surface area contributed by atoms with Crippen LogP contribution in [0.3, 0.4) is 0 Å². The van der Waals surface area contributed by atoms with Crippen LogP contribution >= 0.6 is 11.8 Å². The smallest absolute Gasteiger partial charge is 0.340 e. The minimum absolute atomic E-state index is 0.0233. The molecule has 0 radical (unpaired) electrons. The van der Waals surface area contributed by atoms with Crippen molar-refractivity contribution in [1.29, 1.82) is 0 Å². The number of amidine groups is 1. The molecule has 4 rings (SSSR count). The Bertz CT molecular complexity index is 1200. The molecule has 174 valence electrons. The first-order valence-electron chi connectivity index (χ1n) is 10.3. The standard InChI is InChI=1S/C22H22FN3O5S2/c1-2-31-21(28)16-5-3-4-6-17(16)24-20(27)11-26(15-9-7-14(23)8-10-15)22-25-18-12-33(29,30)13-19(18)32-22/h3-10,18-19H,2,11-13H2,1H3,(H,24,27)/t18-,19-/m0/s1. The molecule has 0 saturated carbocycles. The predicted octanol–water partition coefficient (Wildman–Crippen LogP) is 2.72. The summed E-state index contributed by atoms with van der Waals surface area (Å²) in [5.41, 5.74) is 1.08. The van der Waals surface area contributed by atoms with Crippen molar-refractivity contribution in [2.45, 2.75) is 18.2 Å². The lowest BCUT2D eigenvalue weighted by Crippen LogP contribution is -2.37. The number of sulfone groups is 1. The first-order valence-corrected chi connectivity index (χ1v) is 13.0. The largest absolute Gasteiger partial charge is 0.462 e. The Kier molecular flexibility index (Phi) is 6.71. The lowest BCUT2D eigenvalue weighted by molar-refractivity contribution is -0.114. The number of benzene rings is 2. The highest BCUT2D eigenvalue weighted by Crippen LogP contribution is 2.36. The van der Waals surface area contributed by atoms with Crippen LogP contribution in [0, 0.1) is 5.82 Å². The molecule has 1 fully saturated rings. The molecule has 1 saturated heterocycles. The highest BCUT2D eigenvalue weighted by Gasteiger charge is 2.44. The maximum absolute atomic E-state index is 13.5. The summed E-state index contributed by atoms with van der Waals surface area (Å²) in [6.07, 6.45) is 0. The van der Waals surface area contributed by atoms with Crippen molar-refractivity contribution in [3.63, 3.8) is 0 Å². The molecule has 11 heteroatoms. The number of halogens is 1. The van der Waals surface area contributed by atoms with Gasteiger partial charge in [0.25, 0.3) is 0 Å². The van der Waals surface area contributed by atoms with Gasteiger partial charge in [0.1, 0.15) is 12.4 Å². The average molecular weight is 492 g/mol. The summed E-state index contributed by atoms with van der Waals surface area (Å²) in [5, 5.41) is 3.03. The third-order valence-corrected chi connectivity index (χ3v) is 8.42. The molecule has 2 aliphatic heterocycles. The number of ether oxygens (including phenoxy) is 1. The van der Waals surface area contributed by atoms with Crippen LogP contribution in [0.4, 0.5) is 15.8 Å². The maximum Gasteiger partial charge on any atom is 0.340 e. The Hall–Kier alpha value is -2.92. The molecule has 2 aromatic rings. The van der Waals surface area contributed by atoms with Gasteiger partial charge in [-0.15, -0.1) is 0 Å². The Morgan fingerprint density at radius 1 is 1.18 bits per heavy atom. The molecule has 1 N–H and O–H groups in total. The second-order valence-electron chi connectivity index (χ2n) is 7.59. The van der Waals surface area contributed by atoms with E-state index in [-0.39, 0.29) is 41.5 Å². The van der Waals surface area contributed by atoms with E-state index in [4.69, 9.17) is 4.74 Å². The van der Waals surface area contributed by atoms with E-state index in [0.29, 0.717) is 16.5 Å².